The van der Waals surface area contributed by atoms with Crippen LogP contribution >= 0.6 is 12.2 Å². The van der Waals surface area contributed by atoms with Crippen molar-refractivity contribution in [2.24, 2.45) is 0 Å². The summed E-state index contributed by atoms with van der Waals surface area (Å²) in [5, 5.41) is 5.91. The molecule has 0 heterocycles. The van der Waals surface area contributed by atoms with Gasteiger partial charge in [-0.25, -0.2) is 0 Å². The number of thiocarbonyl (C=S) groups is 1. The molecule has 0 radical (unpaired) electrons. The summed E-state index contributed by atoms with van der Waals surface area (Å²) in [6.07, 6.45) is 0.866. The quantitative estimate of drug-likeness (QED) is 0.480. The summed E-state index contributed by atoms with van der Waals surface area (Å²) in [6.45, 7) is 3.89. The second kappa shape index (κ2) is 9.53. The second-order valence-electron chi connectivity index (χ2n) is 5.64. The minimum atomic E-state index is -0.404. The molecule has 0 bridgehead atoms. The van der Waals surface area contributed by atoms with E-state index in [1.807, 2.05) is 31.2 Å². The molecule has 4 N–H and O–H groups in total. The van der Waals surface area contributed by atoms with Gasteiger partial charge >= 0.3 is 0 Å². The van der Waals surface area contributed by atoms with E-state index in [2.05, 4.69) is 28.4 Å². The zero-order valence-corrected chi connectivity index (χ0v) is 15.6. The van der Waals surface area contributed by atoms with E-state index in [0.29, 0.717) is 5.56 Å². The van der Waals surface area contributed by atoms with Gasteiger partial charge in [0.15, 0.2) is 5.11 Å². The average Bonchev–Trinajstić information content (AvgIpc) is 2.66. The zero-order valence-electron chi connectivity index (χ0n) is 14.8. The Bertz CT molecular complexity index is 793. The first-order valence-electron chi connectivity index (χ1n) is 8.28. The SMILES string of the molecule is CCc1cccc(C)c1NC(=S)NNC(=O)CNC(=O)c1ccccc1. The van der Waals surface area contributed by atoms with Crippen molar-refractivity contribution in [1.29, 1.82) is 0 Å². The summed E-state index contributed by atoms with van der Waals surface area (Å²) < 4.78 is 0. The van der Waals surface area contributed by atoms with Gasteiger partial charge in [0.1, 0.15) is 0 Å². The van der Waals surface area contributed by atoms with E-state index in [-0.39, 0.29) is 17.6 Å². The van der Waals surface area contributed by atoms with Crippen LogP contribution in [0.15, 0.2) is 48.5 Å². The van der Waals surface area contributed by atoms with E-state index in [1.165, 1.54) is 0 Å². The Morgan fingerprint density at radius 1 is 1.00 bits per heavy atom. The number of anilines is 1. The standard InChI is InChI=1S/C19H22N4O2S/c1-3-14-11-7-8-13(2)17(14)21-19(26)23-22-16(24)12-20-18(25)15-9-5-4-6-10-15/h4-11H,3,12H2,1-2H3,(H,20,25)(H,22,24)(H2,21,23,26). The number of hydrazine groups is 1. The third-order valence-corrected chi connectivity index (χ3v) is 3.94. The van der Waals surface area contributed by atoms with E-state index in [9.17, 15) is 9.59 Å². The number of aryl methyl sites for hydroxylation is 2. The number of carbonyl (C=O) groups excluding carboxylic acids is 2. The predicted octanol–water partition coefficient (Wildman–Crippen LogP) is 2.31. The van der Waals surface area contributed by atoms with Crippen molar-refractivity contribution in [2.75, 3.05) is 11.9 Å². The van der Waals surface area contributed by atoms with Gasteiger partial charge in [0, 0.05) is 11.3 Å². The molecule has 0 saturated heterocycles. The number of hydrogen-bond donors (Lipinski definition) is 4. The summed E-state index contributed by atoms with van der Waals surface area (Å²) in [5.41, 5.74) is 8.73. The van der Waals surface area contributed by atoms with E-state index in [0.717, 1.165) is 23.2 Å². The first-order valence-corrected chi connectivity index (χ1v) is 8.69. The predicted molar refractivity (Wildman–Crippen MR) is 107 cm³/mol. The fourth-order valence-electron chi connectivity index (χ4n) is 2.37. The van der Waals surface area contributed by atoms with E-state index in [1.54, 1.807) is 24.3 Å². The molecular weight excluding hydrogens is 348 g/mol. The van der Waals surface area contributed by atoms with Crippen LogP contribution in [0.25, 0.3) is 0 Å². The molecule has 0 fully saturated rings. The highest BCUT2D eigenvalue weighted by Gasteiger charge is 2.09. The Labute approximate surface area is 158 Å². The lowest BCUT2D eigenvalue weighted by Gasteiger charge is -2.16. The zero-order chi connectivity index (χ0) is 18.9. The smallest absolute Gasteiger partial charge is 0.257 e. The summed E-state index contributed by atoms with van der Waals surface area (Å²) in [4.78, 5) is 23.7. The Kier molecular flexibility index (Phi) is 7.11. The summed E-state index contributed by atoms with van der Waals surface area (Å²) in [7, 11) is 0. The molecule has 2 amide bonds. The van der Waals surface area contributed by atoms with Crippen molar-refractivity contribution < 1.29 is 9.59 Å². The third kappa shape index (κ3) is 5.56. The van der Waals surface area contributed by atoms with Gasteiger partial charge in [-0.05, 0) is 48.8 Å². The summed E-state index contributed by atoms with van der Waals surface area (Å²) in [6, 6.07) is 14.7. The number of benzene rings is 2. The van der Waals surface area contributed by atoms with Gasteiger partial charge in [0.05, 0.1) is 6.54 Å². The van der Waals surface area contributed by atoms with E-state index >= 15 is 0 Å². The average molecular weight is 370 g/mol. The highest BCUT2D eigenvalue weighted by Crippen LogP contribution is 2.20. The Balaban J connectivity index is 1.79. The van der Waals surface area contributed by atoms with Gasteiger partial charge < -0.3 is 10.6 Å². The van der Waals surface area contributed by atoms with Crippen molar-refractivity contribution in [1.82, 2.24) is 16.2 Å². The molecule has 26 heavy (non-hydrogen) atoms. The second-order valence-corrected chi connectivity index (χ2v) is 6.05. The number of amides is 2. The molecule has 0 unspecified atom stereocenters. The molecule has 0 saturated carbocycles. The molecule has 6 nitrogen and oxygen atoms in total. The minimum Gasteiger partial charge on any atom is -0.343 e. The molecule has 0 aliphatic heterocycles. The molecule has 2 aromatic carbocycles. The molecule has 136 valence electrons. The topological polar surface area (TPSA) is 82.3 Å². The van der Waals surface area contributed by atoms with Crippen molar-refractivity contribution >= 4 is 34.8 Å². The van der Waals surface area contributed by atoms with Crippen LogP contribution in [0.4, 0.5) is 5.69 Å². The Morgan fingerprint density at radius 2 is 1.73 bits per heavy atom. The van der Waals surface area contributed by atoms with Crippen LogP contribution in [0.1, 0.15) is 28.4 Å². The lowest BCUT2D eigenvalue weighted by molar-refractivity contribution is -0.120. The van der Waals surface area contributed by atoms with Crippen molar-refractivity contribution in [2.45, 2.75) is 20.3 Å². The normalized spacial score (nSPS) is 9.92. The Morgan fingerprint density at radius 3 is 2.42 bits per heavy atom. The monoisotopic (exact) mass is 370 g/mol. The van der Waals surface area contributed by atoms with Crippen molar-refractivity contribution in [3.63, 3.8) is 0 Å². The first kappa shape index (κ1) is 19.4. The fourth-order valence-corrected chi connectivity index (χ4v) is 2.52. The van der Waals surface area contributed by atoms with Gasteiger partial charge in [-0.1, -0.05) is 43.3 Å². The van der Waals surface area contributed by atoms with Crippen LogP contribution in [-0.2, 0) is 11.2 Å². The molecule has 0 aromatic heterocycles. The van der Waals surface area contributed by atoms with E-state index < -0.39 is 5.91 Å². The van der Waals surface area contributed by atoms with Gasteiger partial charge in [-0.3, -0.25) is 20.4 Å². The molecule has 0 atom stereocenters. The number of nitrogens with one attached hydrogen (secondary N) is 4. The molecular formula is C19H22N4O2S. The van der Waals surface area contributed by atoms with Crippen molar-refractivity contribution in [3.05, 3.63) is 65.2 Å². The first-order chi connectivity index (χ1) is 12.5. The van der Waals surface area contributed by atoms with Crippen LogP contribution in [0.5, 0.6) is 0 Å². The number of rotatable bonds is 5. The molecule has 0 spiro atoms. The van der Waals surface area contributed by atoms with Gasteiger partial charge in [-0.15, -0.1) is 0 Å². The van der Waals surface area contributed by atoms with E-state index in [4.69, 9.17) is 12.2 Å². The van der Waals surface area contributed by atoms with Gasteiger partial charge in [0.2, 0.25) is 0 Å². The van der Waals surface area contributed by atoms with Crippen LogP contribution in [0.2, 0.25) is 0 Å². The third-order valence-electron chi connectivity index (χ3n) is 3.74. The molecule has 2 rings (SSSR count). The van der Waals surface area contributed by atoms with Crippen LogP contribution in [0.3, 0.4) is 0 Å². The fraction of sp³-hybridized carbons (Fsp3) is 0.211. The number of para-hydroxylation sites is 1. The van der Waals surface area contributed by atoms with Gasteiger partial charge in [0.25, 0.3) is 11.8 Å². The van der Waals surface area contributed by atoms with Crippen LogP contribution < -0.4 is 21.5 Å². The maximum atomic E-state index is 11.9. The molecule has 0 aliphatic carbocycles. The lowest BCUT2D eigenvalue weighted by atomic mass is 10.1. The van der Waals surface area contributed by atoms with Crippen molar-refractivity contribution in [3.8, 4) is 0 Å². The summed E-state index contributed by atoms with van der Waals surface area (Å²) in [5.74, 6) is -0.715. The van der Waals surface area contributed by atoms with Crippen LogP contribution in [0, 0.1) is 6.92 Å². The maximum absolute atomic E-state index is 11.9. The highest BCUT2D eigenvalue weighted by molar-refractivity contribution is 7.80. The minimum absolute atomic E-state index is 0.159. The maximum Gasteiger partial charge on any atom is 0.257 e. The lowest BCUT2D eigenvalue weighted by Crippen LogP contribution is -2.47. The molecule has 0 aliphatic rings. The van der Waals surface area contributed by atoms with Crippen LogP contribution in [-0.4, -0.2) is 23.5 Å². The largest absolute Gasteiger partial charge is 0.343 e. The van der Waals surface area contributed by atoms with Gasteiger partial charge in [-0.2, -0.15) is 0 Å². The Hall–Kier alpha value is -2.93. The summed E-state index contributed by atoms with van der Waals surface area (Å²) >= 11 is 5.21. The molecule has 7 heteroatoms. The highest BCUT2D eigenvalue weighted by atomic mass is 32.1. The number of carbonyl (C=O) groups is 2. The molecule has 2 aromatic rings. The number of hydrogen-bond acceptors (Lipinski definition) is 3.